The molecular formula is C10H9ClN4S. The van der Waals surface area contributed by atoms with Crippen LogP contribution in [0, 0.1) is 0 Å². The van der Waals surface area contributed by atoms with Crippen LogP contribution < -0.4 is 5.73 Å². The maximum Gasteiger partial charge on any atom is 0.141 e. The quantitative estimate of drug-likeness (QED) is 0.850. The highest BCUT2D eigenvalue weighted by Crippen LogP contribution is 2.20. The third-order valence-electron chi connectivity index (χ3n) is 1.79. The molecule has 0 aliphatic heterocycles. The number of anilines is 1. The summed E-state index contributed by atoms with van der Waals surface area (Å²) in [7, 11) is 0. The van der Waals surface area contributed by atoms with Gasteiger partial charge in [0.2, 0.25) is 0 Å². The maximum atomic E-state index is 5.74. The second-order valence-corrected chi connectivity index (χ2v) is 4.47. The topological polar surface area (TPSA) is 64.7 Å². The molecule has 0 atom stereocenters. The predicted octanol–water partition coefficient (Wildman–Crippen LogP) is 2.40. The number of hydrogen-bond donors (Lipinski definition) is 1. The molecule has 0 aromatic carbocycles. The monoisotopic (exact) mass is 252 g/mol. The van der Waals surface area contributed by atoms with Crippen molar-refractivity contribution in [1.29, 1.82) is 0 Å². The van der Waals surface area contributed by atoms with Crippen LogP contribution in [0.2, 0.25) is 5.02 Å². The molecule has 2 aromatic rings. The van der Waals surface area contributed by atoms with Crippen molar-refractivity contribution < 1.29 is 0 Å². The summed E-state index contributed by atoms with van der Waals surface area (Å²) < 4.78 is 0. The number of rotatable bonds is 3. The zero-order valence-electron chi connectivity index (χ0n) is 8.30. The zero-order chi connectivity index (χ0) is 11.4. The van der Waals surface area contributed by atoms with E-state index in [-0.39, 0.29) is 0 Å². The van der Waals surface area contributed by atoms with Gasteiger partial charge in [-0.1, -0.05) is 23.4 Å². The number of nitrogens with two attached hydrogens (primary N) is 1. The smallest absolute Gasteiger partial charge is 0.141 e. The molecule has 0 aliphatic rings. The molecule has 2 heterocycles. The van der Waals surface area contributed by atoms with Gasteiger partial charge in [0.05, 0.1) is 28.1 Å². The number of nitrogen functional groups attached to an aromatic ring is 1. The van der Waals surface area contributed by atoms with E-state index in [4.69, 9.17) is 17.3 Å². The minimum atomic E-state index is 0.429. The van der Waals surface area contributed by atoms with Crippen molar-refractivity contribution >= 4 is 29.2 Å². The molecule has 0 radical (unpaired) electrons. The second-order valence-electron chi connectivity index (χ2n) is 3.04. The second kappa shape index (κ2) is 5.14. The molecular weight excluding hydrogens is 244 g/mol. The van der Waals surface area contributed by atoms with E-state index < -0.39 is 0 Å². The molecule has 6 heteroatoms. The molecule has 0 fully saturated rings. The van der Waals surface area contributed by atoms with Crippen LogP contribution in [-0.2, 0) is 5.75 Å². The number of pyridine rings is 1. The minimum Gasteiger partial charge on any atom is -0.382 e. The zero-order valence-corrected chi connectivity index (χ0v) is 9.87. The first kappa shape index (κ1) is 11.2. The minimum absolute atomic E-state index is 0.429. The Morgan fingerprint density at radius 3 is 2.62 bits per heavy atom. The lowest BCUT2D eigenvalue weighted by molar-refractivity contribution is 1.09. The van der Waals surface area contributed by atoms with Gasteiger partial charge in [-0.05, 0) is 12.1 Å². The summed E-state index contributed by atoms with van der Waals surface area (Å²) in [5.74, 6) is 1.14. The van der Waals surface area contributed by atoms with Gasteiger partial charge >= 0.3 is 0 Å². The van der Waals surface area contributed by atoms with E-state index in [0.29, 0.717) is 16.6 Å². The Morgan fingerprint density at radius 1 is 1.12 bits per heavy atom. The standard InChI is InChI=1S/C10H9ClN4S/c11-7-1-2-10(15-3-7)16-6-8-4-14-9(12)5-13-8/h1-5H,6H2,(H2,12,14). The van der Waals surface area contributed by atoms with Crippen LogP contribution in [0.15, 0.2) is 35.7 Å². The number of hydrogen-bond acceptors (Lipinski definition) is 5. The summed E-state index contributed by atoms with van der Waals surface area (Å²) in [6, 6.07) is 3.68. The molecule has 0 unspecified atom stereocenters. The lowest BCUT2D eigenvalue weighted by Crippen LogP contribution is -1.94. The first-order valence-electron chi connectivity index (χ1n) is 4.55. The normalized spacial score (nSPS) is 10.3. The fourth-order valence-electron chi connectivity index (χ4n) is 1.03. The summed E-state index contributed by atoms with van der Waals surface area (Å²) in [5.41, 5.74) is 6.31. The molecule has 0 amide bonds. The number of thioether (sulfide) groups is 1. The summed E-state index contributed by atoms with van der Waals surface area (Å²) >= 11 is 7.31. The first-order valence-corrected chi connectivity index (χ1v) is 5.91. The molecule has 2 N–H and O–H groups in total. The number of nitrogens with zero attached hydrogens (tertiary/aromatic N) is 3. The van der Waals surface area contributed by atoms with Gasteiger partial charge in [-0.2, -0.15) is 0 Å². The molecule has 0 bridgehead atoms. The van der Waals surface area contributed by atoms with Gasteiger partial charge in [0, 0.05) is 11.9 Å². The van der Waals surface area contributed by atoms with Crippen molar-refractivity contribution in [3.63, 3.8) is 0 Å². The van der Waals surface area contributed by atoms with Gasteiger partial charge in [0.1, 0.15) is 5.82 Å². The van der Waals surface area contributed by atoms with Crippen molar-refractivity contribution in [2.45, 2.75) is 10.8 Å². The molecule has 2 aromatic heterocycles. The Kier molecular flexibility index (Phi) is 3.58. The van der Waals surface area contributed by atoms with Crippen LogP contribution in [0.5, 0.6) is 0 Å². The van der Waals surface area contributed by atoms with E-state index in [9.17, 15) is 0 Å². The van der Waals surface area contributed by atoms with Crippen LogP contribution in [0.25, 0.3) is 0 Å². The van der Waals surface area contributed by atoms with Crippen LogP contribution in [0.1, 0.15) is 5.69 Å². The summed E-state index contributed by atoms with van der Waals surface area (Å²) in [5, 5.41) is 1.54. The van der Waals surface area contributed by atoms with E-state index in [1.165, 1.54) is 0 Å². The third kappa shape index (κ3) is 3.08. The summed E-state index contributed by atoms with van der Waals surface area (Å²) in [4.78, 5) is 12.3. The Labute approximate surface area is 102 Å². The molecule has 0 aliphatic carbocycles. The largest absolute Gasteiger partial charge is 0.382 e. The number of halogens is 1. The van der Waals surface area contributed by atoms with Crippen LogP contribution in [-0.4, -0.2) is 15.0 Å². The molecule has 16 heavy (non-hydrogen) atoms. The lowest BCUT2D eigenvalue weighted by atomic mass is 10.5. The van der Waals surface area contributed by atoms with Crippen molar-refractivity contribution in [3.05, 3.63) is 41.4 Å². The highest BCUT2D eigenvalue weighted by molar-refractivity contribution is 7.98. The van der Waals surface area contributed by atoms with E-state index in [0.717, 1.165) is 10.7 Å². The Hall–Kier alpha value is -1.33. The van der Waals surface area contributed by atoms with Gasteiger partial charge in [-0.3, -0.25) is 4.98 Å². The van der Waals surface area contributed by atoms with E-state index in [2.05, 4.69) is 15.0 Å². The average molecular weight is 253 g/mol. The Balaban J connectivity index is 1.97. The molecule has 0 saturated carbocycles. The van der Waals surface area contributed by atoms with Gasteiger partial charge in [-0.25, -0.2) is 9.97 Å². The Bertz CT molecular complexity index is 412. The van der Waals surface area contributed by atoms with E-state index in [1.807, 2.05) is 12.1 Å². The Morgan fingerprint density at radius 2 is 2.00 bits per heavy atom. The molecule has 0 saturated heterocycles. The fraction of sp³-hybridized carbons (Fsp3) is 0.100. The van der Waals surface area contributed by atoms with Crippen molar-refractivity contribution in [3.8, 4) is 0 Å². The third-order valence-corrected chi connectivity index (χ3v) is 2.99. The predicted molar refractivity (Wildman–Crippen MR) is 65.3 cm³/mol. The van der Waals surface area contributed by atoms with Gasteiger partial charge in [0.25, 0.3) is 0 Å². The maximum absolute atomic E-state index is 5.74. The van der Waals surface area contributed by atoms with E-state index >= 15 is 0 Å². The van der Waals surface area contributed by atoms with Gasteiger partial charge in [-0.15, -0.1) is 0 Å². The van der Waals surface area contributed by atoms with E-state index in [1.54, 1.807) is 30.4 Å². The summed E-state index contributed by atoms with van der Waals surface area (Å²) in [6.07, 6.45) is 4.84. The molecule has 82 valence electrons. The highest BCUT2D eigenvalue weighted by Gasteiger charge is 1.99. The van der Waals surface area contributed by atoms with Crippen LogP contribution >= 0.6 is 23.4 Å². The van der Waals surface area contributed by atoms with Gasteiger partial charge < -0.3 is 5.73 Å². The van der Waals surface area contributed by atoms with Crippen molar-refractivity contribution in [2.24, 2.45) is 0 Å². The molecule has 2 rings (SSSR count). The average Bonchev–Trinajstić information content (AvgIpc) is 2.30. The van der Waals surface area contributed by atoms with Crippen molar-refractivity contribution in [2.75, 3.05) is 5.73 Å². The van der Waals surface area contributed by atoms with Gasteiger partial charge in [0.15, 0.2) is 0 Å². The highest BCUT2D eigenvalue weighted by atomic mass is 35.5. The number of aromatic nitrogens is 3. The van der Waals surface area contributed by atoms with Crippen molar-refractivity contribution in [1.82, 2.24) is 15.0 Å². The molecule has 0 spiro atoms. The SMILES string of the molecule is Nc1cnc(CSc2ccc(Cl)cn2)cn1. The fourth-order valence-corrected chi connectivity index (χ4v) is 1.88. The summed E-state index contributed by atoms with van der Waals surface area (Å²) in [6.45, 7) is 0. The first-order chi connectivity index (χ1) is 7.74. The van der Waals surface area contributed by atoms with Crippen LogP contribution in [0.4, 0.5) is 5.82 Å². The molecule has 4 nitrogen and oxygen atoms in total. The van der Waals surface area contributed by atoms with Crippen LogP contribution in [0.3, 0.4) is 0 Å². The lowest BCUT2D eigenvalue weighted by Gasteiger charge is -2.00.